The number of allylic oxidation sites excluding steroid dienone is 4. The Bertz CT molecular complexity index is 461. The van der Waals surface area contributed by atoms with E-state index in [1.165, 1.54) is 0 Å². The van der Waals surface area contributed by atoms with Gasteiger partial charge < -0.3 is 5.32 Å². The second kappa shape index (κ2) is 5.30. The molecule has 2 heteroatoms. The minimum absolute atomic E-state index is 0.0987. The third-order valence-electron chi connectivity index (χ3n) is 2.84. The summed E-state index contributed by atoms with van der Waals surface area (Å²) in [5.74, 6) is 0. The van der Waals surface area contributed by atoms with Crippen LogP contribution in [0.3, 0.4) is 0 Å². The Morgan fingerprint density at radius 2 is 1.76 bits per heavy atom. The van der Waals surface area contributed by atoms with Crippen LogP contribution in [-0.2, 0) is 0 Å². The molecular weight excluding hydrogens is 208 g/mol. The average Bonchev–Trinajstić information content (AvgIpc) is 2.97. The molecule has 2 atom stereocenters. The van der Waals surface area contributed by atoms with E-state index in [-0.39, 0.29) is 12.1 Å². The second-order valence-electron chi connectivity index (χ2n) is 3.88. The van der Waals surface area contributed by atoms with E-state index in [0.29, 0.717) is 0 Å². The quantitative estimate of drug-likeness (QED) is 0.563. The molecule has 17 heavy (non-hydrogen) atoms. The number of nitrogens with one attached hydrogen (secondary N) is 1. The van der Waals surface area contributed by atoms with Crippen LogP contribution in [0.2, 0.25) is 0 Å². The van der Waals surface area contributed by atoms with Gasteiger partial charge in [-0.1, -0.05) is 61.8 Å². The zero-order chi connectivity index (χ0) is 12.1. The Balaban J connectivity index is 1.91. The molecule has 86 valence electrons. The largest absolute Gasteiger partial charge is 0.366 e. The lowest BCUT2D eigenvalue weighted by atomic mass is 10.1. The van der Waals surface area contributed by atoms with E-state index in [4.69, 9.17) is 0 Å². The van der Waals surface area contributed by atoms with Crippen LogP contribution >= 0.6 is 0 Å². The van der Waals surface area contributed by atoms with E-state index >= 15 is 0 Å². The van der Waals surface area contributed by atoms with Gasteiger partial charge in [-0.15, -0.1) is 0 Å². The van der Waals surface area contributed by atoms with Gasteiger partial charge in [-0.05, 0) is 11.1 Å². The van der Waals surface area contributed by atoms with Crippen molar-refractivity contribution in [3.05, 3.63) is 72.9 Å². The Hall–Kier alpha value is -2.09. The van der Waals surface area contributed by atoms with Crippen molar-refractivity contribution in [2.24, 2.45) is 4.99 Å². The van der Waals surface area contributed by atoms with Crippen LogP contribution in [0, 0.1) is 0 Å². The molecular formula is C15H16N2. The Labute approximate surface area is 102 Å². The van der Waals surface area contributed by atoms with Gasteiger partial charge in [0, 0.05) is 0 Å². The molecule has 2 nitrogen and oxygen atoms in total. The van der Waals surface area contributed by atoms with Crippen LogP contribution in [0.4, 0.5) is 0 Å². The minimum atomic E-state index is 0.0987. The molecule has 2 aliphatic carbocycles. The zero-order valence-corrected chi connectivity index (χ0v) is 9.71. The first-order valence-corrected chi connectivity index (χ1v) is 5.64. The fourth-order valence-electron chi connectivity index (χ4n) is 1.85. The highest BCUT2D eigenvalue weighted by molar-refractivity contribution is 5.60. The van der Waals surface area contributed by atoms with E-state index in [0.717, 1.165) is 11.1 Å². The summed E-state index contributed by atoms with van der Waals surface area (Å²) in [6.45, 7) is 7.55. The Morgan fingerprint density at radius 1 is 1.06 bits per heavy atom. The van der Waals surface area contributed by atoms with Crippen LogP contribution in [0.15, 0.2) is 77.9 Å². The van der Waals surface area contributed by atoms with Gasteiger partial charge in [0.15, 0.2) is 0 Å². The minimum Gasteiger partial charge on any atom is -0.366 e. The van der Waals surface area contributed by atoms with Gasteiger partial charge in [0.25, 0.3) is 0 Å². The molecule has 0 heterocycles. The van der Waals surface area contributed by atoms with Crippen LogP contribution in [0.5, 0.6) is 0 Å². The second-order valence-corrected chi connectivity index (χ2v) is 3.88. The van der Waals surface area contributed by atoms with E-state index in [1.54, 1.807) is 6.34 Å². The first-order chi connectivity index (χ1) is 8.35. The summed E-state index contributed by atoms with van der Waals surface area (Å²) in [4.78, 5) is 4.45. The molecule has 0 saturated carbocycles. The Morgan fingerprint density at radius 3 is 2.53 bits per heavy atom. The van der Waals surface area contributed by atoms with Crippen LogP contribution in [-0.4, -0.2) is 18.4 Å². The maximum atomic E-state index is 4.45. The number of nitrogens with zero attached hydrogens (tertiary/aromatic N) is 1. The molecule has 0 aromatic heterocycles. The van der Waals surface area contributed by atoms with Gasteiger partial charge in [0.1, 0.15) is 0 Å². The van der Waals surface area contributed by atoms with Gasteiger partial charge in [-0.25, -0.2) is 0 Å². The topological polar surface area (TPSA) is 24.4 Å². The van der Waals surface area contributed by atoms with E-state index < -0.39 is 0 Å². The maximum Gasteiger partial charge on any atom is 0.0950 e. The summed E-state index contributed by atoms with van der Waals surface area (Å²) in [5, 5.41) is 3.24. The molecule has 0 aromatic rings. The molecule has 2 rings (SSSR count). The normalized spacial score (nSPS) is 26.1. The Kier molecular flexibility index (Phi) is 3.55. The van der Waals surface area contributed by atoms with Crippen molar-refractivity contribution in [3.8, 4) is 0 Å². The molecule has 0 amide bonds. The molecule has 2 aliphatic rings. The maximum absolute atomic E-state index is 4.45. The van der Waals surface area contributed by atoms with Gasteiger partial charge in [0.05, 0.1) is 18.4 Å². The van der Waals surface area contributed by atoms with Crippen molar-refractivity contribution in [2.75, 3.05) is 0 Å². The van der Waals surface area contributed by atoms with Gasteiger partial charge in [-0.2, -0.15) is 0 Å². The number of aliphatic imine (C=N–C) groups is 1. The molecule has 2 unspecified atom stereocenters. The zero-order valence-electron chi connectivity index (χ0n) is 9.71. The lowest BCUT2D eigenvalue weighted by molar-refractivity contribution is 0.863. The number of hydrogen-bond acceptors (Lipinski definition) is 1. The fourth-order valence-corrected chi connectivity index (χ4v) is 1.85. The summed E-state index contributed by atoms with van der Waals surface area (Å²) < 4.78 is 0. The third-order valence-corrected chi connectivity index (χ3v) is 2.84. The summed E-state index contributed by atoms with van der Waals surface area (Å²) in [7, 11) is 0. The monoisotopic (exact) mass is 224 g/mol. The van der Waals surface area contributed by atoms with Crippen molar-refractivity contribution < 1.29 is 0 Å². The van der Waals surface area contributed by atoms with Gasteiger partial charge in [-0.3, -0.25) is 4.99 Å². The predicted molar refractivity (Wildman–Crippen MR) is 74.0 cm³/mol. The molecule has 0 aromatic carbocycles. The lowest BCUT2D eigenvalue weighted by Crippen LogP contribution is -2.26. The average molecular weight is 224 g/mol. The third kappa shape index (κ3) is 2.53. The highest BCUT2D eigenvalue weighted by Crippen LogP contribution is 2.16. The van der Waals surface area contributed by atoms with Crippen molar-refractivity contribution >= 4 is 6.34 Å². The molecule has 0 spiro atoms. The molecule has 0 bridgehead atoms. The standard InChI is InChI=1S/C15H16N2/c1-3-12-7-5-9-14(12)16-11-17-15-10-6-8-13(15)4-2/h3-11,14-15H,1-2H2,(H,16,17). The predicted octanol–water partition coefficient (Wildman–Crippen LogP) is 2.71. The van der Waals surface area contributed by atoms with Crippen LogP contribution < -0.4 is 5.32 Å². The SMILES string of the molecule is C=CC1=CC=CC1N=CNC1C=CC=C1C=C. The summed E-state index contributed by atoms with van der Waals surface area (Å²) in [6.07, 6.45) is 17.7. The van der Waals surface area contributed by atoms with E-state index in [1.807, 2.05) is 42.5 Å². The first-order valence-electron chi connectivity index (χ1n) is 5.64. The van der Waals surface area contributed by atoms with Gasteiger partial charge >= 0.3 is 0 Å². The van der Waals surface area contributed by atoms with Crippen molar-refractivity contribution in [1.82, 2.24) is 5.32 Å². The smallest absolute Gasteiger partial charge is 0.0950 e. The fraction of sp³-hybridized carbons (Fsp3) is 0.133. The molecule has 1 N–H and O–H groups in total. The summed E-state index contributed by atoms with van der Waals surface area (Å²) >= 11 is 0. The van der Waals surface area contributed by atoms with E-state index in [2.05, 4.69) is 29.5 Å². The van der Waals surface area contributed by atoms with Crippen LogP contribution in [0.25, 0.3) is 0 Å². The molecule has 0 aliphatic heterocycles. The lowest BCUT2D eigenvalue weighted by Gasteiger charge is -2.11. The highest BCUT2D eigenvalue weighted by atomic mass is 15.0. The molecule has 0 fully saturated rings. The van der Waals surface area contributed by atoms with Crippen molar-refractivity contribution in [1.29, 1.82) is 0 Å². The van der Waals surface area contributed by atoms with Gasteiger partial charge in [0.2, 0.25) is 0 Å². The van der Waals surface area contributed by atoms with Crippen LogP contribution in [0.1, 0.15) is 0 Å². The summed E-state index contributed by atoms with van der Waals surface area (Å²) in [6, 6.07) is 0.291. The highest BCUT2D eigenvalue weighted by Gasteiger charge is 2.11. The first kappa shape index (κ1) is 11.4. The number of rotatable bonds is 5. The molecule has 0 radical (unpaired) electrons. The van der Waals surface area contributed by atoms with Crippen molar-refractivity contribution in [3.63, 3.8) is 0 Å². The molecule has 0 saturated heterocycles. The number of hydrogen-bond donors (Lipinski definition) is 1. The summed E-state index contributed by atoms with van der Waals surface area (Å²) in [5.41, 5.74) is 2.29. The van der Waals surface area contributed by atoms with Crippen molar-refractivity contribution in [2.45, 2.75) is 12.1 Å². The van der Waals surface area contributed by atoms with E-state index in [9.17, 15) is 0 Å².